The van der Waals surface area contributed by atoms with Gasteiger partial charge in [0.15, 0.2) is 0 Å². The highest BCUT2D eigenvalue weighted by molar-refractivity contribution is 6.72. The van der Waals surface area contributed by atoms with Crippen molar-refractivity contribution in [1.29, 1.82) is 0 Å². The van der Waals surface area contributed by atoms with Crippen molar-refractivity contribution >= 4 is 206 Å². The van der Waals surface area contributed by atoms with Crippen molar-refractivity contribution < 1.29 is 0 Å². The van der Waals surface area contributed by atoms with E-state index in [1.54, 1.807) is 24.3 Å². The van der Waals surface area contributed by atoms with Gasteiger partial charge in [-0.25, -0.2) is 0 Å². The van der Waals surface area contributed by atoms with E-state index in [0.717, 1.165) is 86.9 Å². The van der Waals surface area contributed by atoms with Gasteiger partial charge < -0.3 is 0 Å². The molecule has 0 atom stereocenters. The molecular formula is C55H28B18. The molecule has 1 aliphatic rings. The van der Waals surface area contributed by atoms with Gasteiger partial charge >= 0.3 is 0 Å². The normalized spacial score (nSPS) is 15.0. The average Bonchev–Trinajstić information content (AvgIpc) is 3.48. The Labute approximate surface area is 452 Å². The zero-order valence-electron chi connectivity index (χ0n) is 40.6. The molecule has 0 saturated heterocycles. The average molecular weight is 883 g/mol. The number of hydrogen-bond donors (Lipinski definition) is 0. The van der Waals surface area contributed by atoms with Gasteiger partial charge in [-0.2, -0.15) is 0 Å². The molecule has 0 spiro atoms. The fraction of sp³-hybridized carbons (Fsp3) is 0.200. The summed E-state index contributed by atoms with van der Waals surface area (Å²) >= 11 is 0. The topological polar surface area (TPSA) is 0 Å². The quantitative estimate of drug-likeness (QED) is 0.102. The molecule has 36 radical (unpaired) electrons. The Kier molecular flexibility index (Phi) is 10.9. The molecule has 302 valence electrons. The summed E-state index contributed by atoms with van der Waals surface area (Å²) < 4.78 is 0. The summed E-state index contributed by atoms with van der Waals surface area (Å²) in [5.74, 6) is 0. The van der Waals surface area contributed by atoms with Crippen LogP contribution in [0, 0.1) is 0 Å². The van der Waals surface area contributed by atoms with Crippen molar-refractivity contribution in [2.24, 2.45) is 0 Å². The third-order valence-electron chi connectivity index (χ3n) is 16.3. The minimum Gasteiger partial charge on any atom is -0.124 e. The van der Waals surface area contributed by atoms with Crippen molar-refractivity contribution in [2.75, 3.05) is 0 Å². The number of rotatable bonds is 10. The summed E-state index contributed by atoms with van der Waals surface area (Å²) in [4.78, 5) is 0. The Hall–Kier alpha value is -4.55. The van der Waals surface area contributed by atoms with E-state index in [9.17, 15) is 0 Å². The molecule has 0 aromatic heterocycles. The molecule has 1 aliphatic carbocycles. The molecule has 0 amide bonds. The molecule has 10 aromatic rings. The van der Waals surface area contributed by atoms with Crippen LogP contribution in [0.4, 0.5) is 0 Å². The van der Waals surface area contributed by atoms with E-state index in [1.165, 1.54) is 22.3 Å². The lowest BCUT2D eigenvalue weighted by Gasteiger charge is -2.66. The fourth-order valence-corrected chi connectivity index (χ4v) is 13.4. The van der Waals surface area contributed by atoms with Crippen LogP contribution in [0.15, 0.2) is 133 Å². The van der Waals surface area contributed by atoms with Crippen LogP contribution in [0.5, 0.6) is 0 Å². The summed E-state index contributed by atoms with van der Waals surface area (Å²) in [6.07, 6.45) is 0. The predicted molar refractivity (Wildman–Crippen MR) is 325 cm³/mol. The van der Waals surface area contributed by atoms with Gasteiger partial charge in [0.05, 0.1) is 141 Å². The summed E-state index contributed by atoms with van der Waals surface area (Å²) in [6, 6.07) is 45.5. The number of fused-ring (bicyclic) bond motifs is 3. The van der Waals surface area contributed by atoms with E-state index in [4.69, 9.17) is 141 Å². The maximum absolute atomic E-state index is 6.38. The molecule has 11 rings (SSSR count). The monoisotopic (exact) mass is 886 g/mol. The SMILES string of the molecule is [B]C([B])([B])C(c1cc2ccc3ccc(-c4ccc5c(c4)C(C)(C)c4cc(-c6ccc7ccc8cc(C(C([B])([B])[B])(C([B])([B])[B])C([B])([B])[B])cc9ccc6c7c89)ccc4-5)c4ccc(c1)c2c34)(C([B])([B])[B])C([B])([B])[B]. The number of hydrogen-bond acceptors (Lipinski definition) is 0. The molecule has 18 heteroatoms. The third kappa shape index (κ3) is 6.84. The molecule has 0 nitrogen and oxygen atoms in total. The molecule has 0 heterocycles. The Bertz CT molecular complexity index is 3550. The van der Waals surface area contributed by atoms with Crippen molar-refractivity contribution in [1.82, 2.24) is 0 Å². The zero-order chi connectivity index (χ0) is 52.8. The predicted octanol–water partition coefficient (Wildman–Crippen LogP) is 7.07. The van der Waals surface area contributed by atoms with Gasteiger partial charge in [-0.3, -0.25) is 0 Å². The second-order valence-corrected chi connectivity index (χ2v) is 21.6. The minimum atomic E-state index is -2.25. The maximum Gasteiger partial charge on any atom is 0.0517 e. The first-order valence-corrected chi connectivity index (χ1v) is 23.7. The molecule has 0 bridgehead atoms. The molecule has 0 saturated carbocycles. The third-order valence-corrected chi connectivity index (χ3v) is 16.3. The van der Waals surface area contributed by atoms with Crippen LogP contribution in [0.25, 0.3) is 98.0 Å². The Balaban J connectivity index is 1.00. The highest BCUT2D eigenvalue weighted by atomic mass is 14.5. The van der Waals surface area contributed by atoms with E-state index in [-0.39, 0.29) is 5.41 Å². The molecule has 0 unspecified atom stereocenters. The maximum atomic E-state index is 6.38. The summed E-state index contributed by atoms with van der Waals surface area (Å²) in [6.45, 7) is 4.56. The van der Waals surface area contributed by atoms with Crippen LogP contribution in [0.3, 0.4) is 0 Å². The molecular weight excluding hydrogens is 855 g/mol. The van der Waals surface area contributed by atoms with Gasteiger partial charge in [0.25, 0.3) is 0 Å². The summed E-state index contributed by atoms with van der Waals surface area (Å²) in [5.41, 5.74) is 5.03. The standard InChI is InChI=1S/C55H28B18/c1-47(2)41-23-27(35-13-7-25-3-5-29-19-33(21-31-11-17-39(35)45(25)43(29)31)48(50(56,57)58,51(59,60)61)52(62,63)64)9-15-37(41)38-16-10-28(24-42(38)47)36-14-8-26-4-6-30-20-34(22-32-12-18-40(36)46(26)44(30)32)49(53(65,66)67,54(68,69)70)55(71,72)73/h3-24H,1-2H3. The molecule has 73 heavy (non-hydrogen) atoms. The largest absolute Gasteiger partial charge is 0.124 e. The van der Waals surface area contributed by atoms with Gasteiger partial charge in [0.1, 0.15) is 0 Å². The van der Waals surface area contributed by atoms with Crippen LogP contribution in [0.1, 0.15) is 36.1 Å². The Morgan fingerprint density at radius 1 is 0.274 bits per heavy atom. The van der Waals surface area contributed by atoms with E-state index < -0.39 is 41.5 Å². The van der Waals surface area contributed by atoms with Gasteiger partial charge in [-0.05, 0) is 132 Å². The Morgan fingerprint density at radius 3 is 0.836 bits per heavy atom. The summed E-state index contributed by atoms with van der Waals surface area (Å²) in [7, 11) is 115. The van der Waals surface area contributed by atoms with Crippen LogP contribution >= 0.6 is 0 Å². The molecule has 0 N–H and O–H groups in total. The van der Waals surface area contributed by atoms with Crippen molar-refractivity contribution in [3.63, 3.8) is 0 Å². The van der Waals surface area contributed by atoms with E-state index in [2.05, 4.69) is 86.6 Å². The fourth-order valence-electron chi connectivity index (χ4n) is 13.4. The van der Waals surface area contributed by atoms with Crippen molar-refractivity contribution in [2.45, 2.75) is 60.8 Å². The minimum absolute atomic E-state index is 0.291. The first-order valence-electron chi connectivity index (χ1n) is 23.7. The number of benzene rings is 10. The van der Waals surface area contributed by atoms with Crippen LogP contribution < -0.4 is 0 Å². The smallest absolute Gasteiger partial charge is 0.0517 e. The van der Waals surface area contributed by atoms with Gasteiger partial charge in [0, 0.05) is 5.41 Å². The Morgan fingerprint density at radius 2 is 0.534 bits per heavy atom. The lowest BCUT2D eigenvalue weighted by Crippen LogP contribution is -2.60. The van der Waals surface area contributed by atoms with E-state index in [0.29, 0.717) is 11.1 Å². The highest BCUT2D eigenvalue weighted by Crippen LogP contribution is 2.65. The van der Waals surface area contributed by atoms with Crippen LogP contribution in [0.2, 0.25) is 30.7 Å². The summed E-state index contributed by atoms with van der Waals surface area (Å²) in [5, 5.41) is -2.08. The second-order valence-electron chi connectivity index (χ2n) is 21.6. The van der Waals surface area contributed by atoms with E-state index in [1.807, 2.05) is 36.4 Å². The van der Waals surface area contributed by atoms with Gasteiger partial charge in [0.2, 0.25) is 0 Å². The first-order chi connectivity index (χ1) is 33.8. The highest BCUT2D eigenvalue weighted by Gasteiger charge is 2.56. The molecule has 10 aromatic carbocycles. The lowest BCUT2D eigenvalue weighted by molar-refractivity contribution is 0.429. The van der Waals surface area contributed by atoms with Crippen molar-refractivity contribution in [3.8, 4) is 33.4 Å². The first kappa shape index (κ1) is 50.6. The van der Waals surface area contributed by atoms with Gasteiger partial charge in [-0.1, -0.05) is 146 Å². The molecule has 0 aliphatic heterocycles. The lowest BCUT2D eigenvalue weighted by atomic mass is 9.08. The zero-order valence-corrected chi connectivity index (χ0v) is 40.6. The second kappa shape index (κ2) is 15.8. The van der Waals surface area contributed by atoms with Gasteiger partial charge in [-0.15, -0.1) is 30.7 Å². The van der Waals surface area contributed by atoms with E-state index >= 15 is 0 Å². The van der Waals surface area contributed by atoms with Crippen LogP contribution in [-0.4, -0.2) is 141 Å². The van der Waals surface area contributed by atoms with Crippen molar-refractivity contribution in [3.05, 3.63) is 156 Å². The van der Waals surface area contributed by atoms with Crippen LogP contribution in [-0.2, 0) is 16.2 Å². The molecule has 0 fully saturated rings.